The second-order valence-electron chi connectivity index (χ2n) is 5.59. The number of aldehydes is 1. The zero-order valence-electron chi connectivity index (χ0n) is 11.3. The van der Waals surface area contributed by atoms with Gasteiger partial charge in [0.05, 0.1) is 12.1 Å². The van der Waals surface area contributed by atoms with Crippen LogP contribution in [0.25, 0.3) is 0 Å². The lowest BCUT2D eigenvalue weighted by atomic mass is 10.0. The van der Waals surface area contributed by atoms with Crippen molar-refractivity contribution in [3.05, 3.63) is 28.8 Å². The minimum Gasteiger partial charge on any atom is -0.507 e. The van der Waals surface area contributed by atoms with Gasteiger partial charge in [0.1, 0.15) is 11.4 Å². The number of rotatable bonds is 1. The molecule has 1 amide bonds. The third kappa shape index (κ3) is 2.70. The van der Waals surface area contributed by atoms with Crippen LogP contribution in [0.5, 0.6) is 5.75 Å². The van der Waals surface area contributed by atoms with Crippen molar-refractivity contribution >= 4 is 12.4 Å². The van der Waals surface area contributed by atoms with Crippen LogP contribution in [0.15, 0.2) is 12.1 Å². The van der Waals surface area contributed by atoms with Crippen LogP contribution in [-0.4, -0.2) is 28.0 Å². The third-order valence-electron chi connectivity index (χ3n) is 2.91. The Morgan fingerprint density at radius 2 is 2.05 bits per heavy atom. The highest BCUT2D eigenvalue weighted by Gasteiger charge is 2.29. The fourth-order valence-corrected chi connectivity index (χ4v) is 2.07. The molecule has 1 aromatic carbocycles. The lowest BCUT2D eigenvalue weighted by Gasteiger charge is -2.24. The second kappa shape index (κ2) is 4.57. The van der Waals surface area contributed by atoms with Gasteiger partial charge in [0.25, 0.3) is 0 Å². The van der Waals surface area contributed by atoms with E-state index in [1.165, 1.54) is 11.0 Å². The summed E-state index contributed by atoms with van der Waals surface area (Å²) >= 11 is 0. The maximum atomic E-state index is 12.0. The predicted octanol–water partition coefficient (Wildman–Crippen LogP) is 2.46. The molecule has 5 heteroatoms. The van der Waals surface area contributed by atoms with Crippen LogP contribution in [0.4, 0.5) is 4.79 Å². The molecule has 0 spiro atoms. The summed E-state index contributed by atoms with van der Waals surface area (Å²) in [4.78, 5) is 24.5. The van der Waals surface area contributed by atoms with Gasteiger partial charge >= 0.3 is 6.09 Å². The summed E-state index contributed by atoms with van der Waals surface area (Å²) in [6.45, 7) is 6.09. The number of hydrogen-bond acceptors (Lipinski definition) is 4. The monoisotopic (exact) mass is 263 g/mol. The highest BCUT2D eigenvalue weighted by Crippen LogP contribution is 2.31. The van der Waals surface area contributed by atoms with Gasteiger partial charge in [-0.2, -0.15) is 0 Å². The van der Waals surface area contributed by atoms with Gasteiger partial charge in [0.15, 0.2) is 6.29 Å². The van der Waals surface area contributed by atoms with E-state index in [1.54, 1.807) is 26.8 Å². The molecular weight excluding hydrogens is 246 g/mol. The molecule has 0 aromatic heterocycles. The molecule has 0 saturated heterocycles. The van der Waals surface area contributed by atoms with E-state index in [-0.39, 0.29) is 17.9 Å². The van der Waals surface area contributed by atoms with Crippen molar-refractivity contribution in [2.45, 2.75) is 39.5 Å². The van der Waals surface area contributed by atoms with Gasteiger partial charge in [-0.1, -0.05) is 6.07 Å². The Labute approximate surface area is 111 Å². The van der Waals surface area contributed by atoms with E-state index in [1.807, 2.05) is 0 Å². The molecule has 19 heavy (non-hydrogen) atoms. The Morgan fingerprint density at radius 1 is 1.37 bits per heavy atom. The normalized spacial score (nSPS) is 14.2. The van der Waals surface area contributed by atoms with Gasteiger partial charge in [-0.3, -0.25) is 9.69 Å². The number of carbonyl (C=O) groups is 2. The van der Waals surface area contributed by atoms with E-state index in [9.17, 15) is 14.7 Å². The van der Waals surface area contributed by atoms with E-state index < -0.39 is 11.7 Å². The molecule has 0 unspecified atom stereocenters. The van der Waals surface area contributed by atoms with Crippen LogP contribution in [0, 0.1) is 0 Å². The molecular formula is C14H17NO4. The molecule has 0 aliphatic carbocycles. The Balaban J connectivity index is 2.21. The largest absolute Gasteiger partial charge is 0.507 e. The molecule has 0 saturated carbocycles. The van der Waals surface area contributed by atoms with Gasteiger partial charge < -0.3 is 9.84 Å². The van der Waals surface area contributed by atoms with Crippen LogP contribution in [0.3, 0.4) is 0 Å². The highest BCUT2D eigenvalue weighted by atomic mass is 16.6. The molecule has 0 atom stereocenters. The molecule has 2 rings (SSSR count). The lowest BCUT2D eigenvalue weighted by molar-refractivity contribution is 0.0241. The van der Waals surface area contributed by atoms with Gasteiger partial charge in [0.2, 0.25) is 0 Å². The molecule has 1 aliphatic rings. The maximum Gasteiger partial charge on any atom is 0.410 e. The Kier molecular flexibility index (Phi) is 3.22. The zero-order chi connectivity index (χ0) is 14.2. The summed E-state index contributed by atoms with van der Waals surface area (Å²) in [5.41, 5.74) is 1.26. The zero-order valence-corrected chi connectivity index (χ0v) is 11.3. The Bertz CT molecular complexity index is 531. The fraction of sp³-hybridized carbons (Fsp3) is 0.429. The topological polar surface area (TPSA) is 66.8 Å². The minimum absolute atomic E-state index is 0.0558. The van der Waals surface area contributed by atoms with Crippen LogP contribution in [0.2, 0.25) is 0 Å². The molecule has 102 valence electrons. The van der Waals surface area contributed by atoms with E-state index in [0.717, 1.165) is 5.56 Å². The summed E-state index contributed by atoms with van der Waals surface area (Å²) < 4.78 is 5.29. The van der Waals surface area contributed by atoms with Crippen molar-refractivity contribution in [2.75, 3.05) is 0 Å². The first-order chi connectivity index (χ1) is 8.81. The molecule has 1 aromatic rings. The summed E-state index contributed by atoms with van der Waals surface area (Å²) in [7, 11) is 0. The number of phenolic OH excluding ortho intramolecular Hbond substituents is 1. The van der Waals surface area contributed by atoms with Crippen molar-refractivity contribution < 1.29 is 19.4 Å². The average Bonchev–Trinajstić information content (AvgIpc) is 2.70. The van der Waals surface area contributed by atoms with E-state index in [2.05, 4.69) is 0 Å². The molecule has 0 radical (unpaired) electrons. The number of fused-ring (bicyclic) bond motifs is 1. The van der Waals surface area contributed by atoms with Crippen molar-refractivity contribution in [2.24, 2.45) is 0 Å². The number of hydrogen-bond donors (Lipinski definition) is 1. The van der Waals surface area contributed by atoms with Gasteiger partial charge in [-0.25, -0.2) is 4.79 Å². The standard InChI is InChI=1S/C14H17NO4/c1-14(2,3)19-13(18)15-6-9-4-5-12(17)11(8-16)10(9)7-15/h4-5,8,17H,6-7H2,1-3H3. The van der Waals surface area contributed by atoms with Crippen molar-refractivity contribution in [1.82, 2.24) is 4.90 Å². The van der Waals surface area contributed by atoms with Gasteiger partial charge in [0, 0.05) is 6.54 Å². The van der Waals surface area contributed by atoms with E-state index >= 15 is 0 Å². The minimum atomic E-state index is -0.554. The van der Waals surface area contributed by atoms with Crippen LogP contribution < -0.4 is 0 Å². The van der Waals surface area contributed by atoms with Crippen molar-refractivity contribution in [1.29, 1.82) is 0 Å². The highest BCUT2D eigenvalue weighted by molar-refractivity contribution is 5.83. The number of ether oxygens (including phenoxy) is 1. The smallest absolute Gasteiger partial charge is 0.410 e. The van der Waals surface area contributed by atoms with Crippen LogP contribution in [0.1, 0.15) is 42.3 Å². The molecule has 5 nitrogen and oxygen atoms in total. The molecule has 1 heterocycles. The molecule has 0 fully saturated rings. The first kappa shape index (κ1) is 13.4. The summed E-state index contributed by atoms with van der Waals surface area (Å²) in [5.74, 6) is -0.0558. The van der Waals surface area contributed by atoms with Crippen molar-refractivity contribution in [3.8, 4) is 5.75 Å². The number of aromatic hydroxyl groups is 1. The summed E-state index contributed by atoms with van der Waals surface area (Å²) in [6, 6.07) is 3.20. The maximum absolute atomic E-state index is 12.0. The first-order valence-corrected chi connectivity index (χ1v) is 6.08. The van der Waals surface area contributed by atoms with E-state index in [0.29, 0.717) is 18.4 Å². The molecule has 1 N–H and O–H groups in total. The number of benzene rings is 1. The number of phenols is 1. The molecule has 0 bridgehead atoms. The van der Waals surface area contributed by atoms with Gasteiger partial charge in [-0.15, -0.1) is 0 Å². The Morgan fingerprint density at radius 3 is 2.63 bits per heavy atom. The summed E-state index contributed by atoms with van der Waals surface area (Å²) in [6.07, 6.45) is 0.201. The number of carbonyl (C=O) groups excluding carboxylic acids is 2. The van der Waals surface area contributed by atoms with Crippen LogP contribution >= 0.6 is 0 Å². The third-order valence-corrected chi connectivity index (χ3v) is 2.91. The number of amides is 1. The van der Waals surface area contributed by atoms with Crippen LogP contribution in [-0.2, 0) is 17.8 Å². The first-order valence-electron chi connectivity index (χ1n) is 6.08. The quantitative estimate of drug-likeness (QED) is 0.790. The average molecular weight is 263 g/mol. The van der Waals surface area contributed by atoms with Gasteiger partial charge in [-0.05, 0) is 38.0 Å². The molecule has 1 aliphatic heterocycles. The Hall–Kier alpha value is -2.04. The summed E-state index contributed by atoms with van der Waals surface area (Å²) in [5, 5.41) is 9.62. The predicted molar refractivity (Wildman–Crippen MR) is 69.0 cm³/mol. The fourth-order valence-electron chi connectivity index (χ4n) is 2.07. The lowest BCUT2D eigenvalue weighted by Crippen LogP contribution is -2.33. The van der Waals surface area contributed by atoms with Crippen molar-refractivity contribution in [3.63, 3.8) is 0 Å². The van der Waals surface area contributed by atoms with E-state index in [4.69, 9.17) is 4.74 Å². The SMILES string of the molecule is CC(C)(C)OC(=O)N1Cc2ccc(O)c(C=O)c2C1. The number of nitrogens with zero attached hydrogens (tertiary/aromatic N) is 1. The second-order valence-corrected chi connectivity index (χ2v) is 5.59.